The van der Waals surface area contributed by atoms with E-state index < -0.39 is 12.0 Å². The molecule has 306 valence electrons. The molecule has 4 N–H and O–H groups in total. The Morgan fingerprint density at radius 1 is 0.566 bits per heavy atom. The highest BCUT2D eigenvalue weighted by atomic mass is 16.5. The minimum absolute atomic E-state index is 0.00722. The molecule has 0 spiro atoms. The summed E-state index contributed by atoms with van der Waals surface area (Å²) in [6, 6.07) is -0.860. The first kappa shape index (κ1) is 50.3. The number of carboxylic acid groups (broad SMARTS) is 1. The van der Waals surface area contributed by atoms with Crippen LogP contribution in [0.3, 0.4) is 0 Å². The number of allylic oxidation sites excluding steroid dienone is 8. The number of aliphatic carboxylic acids is 1. The second-order valence-electron chi connectivity index (χ2n) is 14.7. The molecular formula is C46H82N2O5. The first-order valence-electron chi connectivity index (χ1n) is 22.0. The molecule has 0 bridgehead atoms. The van der Waals surface area contributed by atoms with E-state index in [9.17, 15) is 19.5 Å². The minimum atomic E-state index is -1.01. The van der Waals surface area contributed by atoms with E-state index in [0.717, 1.165) is 96.3 Å². The lowest BCUT2D eigenvalue weighted by molar-refractivity contribution is -0.150. The van der Waals surface area contributed by atoms with Crippen LogP contribution in [-0.4, -0.2) is 41.6 Å². The number of ether oxygens (including phenoxy) is 1. The van der Waals surface area contributed by atoms with Crippen LogP contribution >= 0.6 is 0 Å². The first-order valence-corrected chi connectivity index (χ1v) is 22.0. The van der Waals surface area contributed by atoms with E-state index in [1.54, 1.807) is 0 Å². The van der Waals surface area contributed by atoms with E-state index in [1.807, 2.05) is 0 Å². The molecule has 2 atom stereocenters. The molecule has 0 rings (SSSR count). The van der Waals surface area contributed by atoms with Crippen molar-refractivity contribution in [3.05, 3.63) is 48.6 Å². The van der Waals surface area contributed by atoms with Gasteiger partial charge in [0, 0.05) is 12.8 Å². The zero-order valence-corrected chi connectivity index (χ0v) is 34.4. The van der Waals surface area contributed by atoms with Crippen LogP contribution in [0.25, 0.3) is 0 Å². The summed E-state index contributed by atoms with van der Waals surface area (Å²) < 4.78 is 6.03. The summed E-state index contributed by atoms with van der Waals surface area (Å²) >= 11 is 0. The quantitative estimate of drug-likeness (QED) is 0.0328. The summed E-state index contributed by atoms with van der Waals surface area (Å²) in [5, 5.41) is 11.9. The number of carboxylic acids is 1. The standard InChI is InChI=1S/C46H82N2O5/c1-3-5-7-9-11-13-15-17-18-19-21-23-25-30-34-40-45(50)53-42(36-31-27-24-22-20-16-14-12-10-8-6-4-2)37-32-28-26-29-33-39-44(49)48-43(46(51)52)38-35-41-47/h5,7,11,13,17-18,21,23,42-43H,3-4,6,8-10,12,14-16,19-20,22,24-41,47H2,1-2H3,(H,48,49)(H,51,52)/b7-5-,13-11-,18-17-,23-21-. The number of hydrogen-bond donors (Lipinski definition) is 3. The van der Waals surface area contributed by atoms with Gasteiger partial charge in [0.15, 0.2) is 0 Å². The molecule has 2 unspecified atom stereocenters. The first-order chi connectivity index (χ1) is 25.9. The molecule has 0 fully saturated rings. The number of amides is 1. The third kappa shape index (κ3) is 37.4. The van der Waals surface area contributed by atoms with Gasteiger partial charge in [-0.2, -0.15) is 0 Å². The zero-order valence-electron chi connectivity index (χ0n) is 34.4. The van der Waals surface area contributed by atoms with E-state index in [2.05, 4.69) is 67.8 Å². The van der Waals surface area contributed by atoms with Gasteiger partial charge in [-0.25, -0.2) is 4.79 Å². The molecule has 0 saturated carbocycles. The summed E-state index contributed by atoms with van der Waals surface area (Å²) in [6.07, 6.45) is 48.7. The van der Waals surface area contributed by atoms with Crippen LogP contribution in [-0.2, 0) is 19.1 Å². The Hall–Kier alpha value is -2.67. The molecule has 1 amide bonds. The molecule has 0 radical (unpaired) electrons. The summed E-state index contributed by atoms with van der Waals surface area (Å²) in [5.74, 6) is -1.27. The molecule has 7 heteroatoms. The normalized spacial score (nSPS) is 13.1. The van der Waals surface area contributed by atoms with Gasteiger partial charge in [-0.15, -0.1) is 0 Å². The van der Waals surface area contributed by atoms with Crippen molar-refractivity contribution in [3.63, 3.8) is 0 Å². The third-order valence-corrected chi connectivity index (χ3v) is 9.66. The highest BCUT2D eigenvalue weighted by Gasteiger charge is 2.19. The molecule has 7 nitrogen and oxygen atoms in total. The average Bonchev–Trinajstić information content (AvgIpc) is 3.14. The molecule has 0 aromatic rings. The lowest BCUT2D eigenvalue weighted by atomic mass is 10.0. The topological polar surface area (TPSA) is 119 Å². The number of hydrogen-bond acceptors (Lipinski definition) is 5. The Bertz CT molecular complexity index is 973. The van der Waals surface area contributed by atoms with Gasteiger partial charge < -0.3 is 20.9 Å². The van der Waals surface area contributed by atoms with Crippen LogP contribution in [0, 0.1) is 0 Å². The maximum absolute atomic E-state index is 12.8. The molecule has 0 aliphatic rings. The van der Waals surface area contributed by atoms with Crippen molar-refractivity contribution in [1.82, 2.24) is 5.32 Å². The second-order valence-corrected chi connectivity index (χ2v) is 14.7. The number of esters is 1. The number of rotatable bonds is 39. The van der Waals surface area contributed by atoms with E-state index in [1.165, 1.54) is 70.6 Å². The average molecular weight is 743 g/mol. The maximum Gasteiger partial charge on any atom is 0.326 e. The van der Waals surface area contributed by atoms with Crippen molar-refractivity contribution in [2.75, 3.05) is 6.54 Å². The van der Waals surface area contributed by atoms with Crippen LogP contribution < -0.4 is 11.1 Å². The monoisotopic (exact) mass is 743 g/mol. The van der Waals surface area contributed by atoms with Crippen LogP contribution in [0.15, 0.2) is 48.6 Å². The largest absolute Gasteiger partial charge is 0.480 e. The fourth-order valence-electron chi connectivity index (χ4n) is 6.38. The minimum Gasteiger partial charge on any atom is -0.480 e. The molecule has 0 heterocycles. The van der Waals surface area contributed by atoms with Gasteiger partial charge in [0.2, 0.25) is 5.91 Å². The number of nitrogens with two attached hydrogens (primary N) is 1. The van der Waals surface area contributed by atoms with E-state index in [0.29, 0.717) is 32.2 Å². The van der Waals surface area contributed by atoms with E-state index in [-0.39, 0.29) is 18.0 Å². The molecule has 0 aliphatic carbocycles. The SMILES string of the molecule is CC/C=C\C/C=C\C/C=C\C/C=C\CCCCC(=O)OC(CCCCCCCCCCCCCC)CCCCCCCC(=O)NC(CCCN)C(=O)O. The zero-order chi connectivity index (χ0) is 38.9. The third-order valence-electron chi connectivity index (χ3n) is 9.66. The highest BCUT2D eigenvalue weighted by molar-refractivity contribution is 5.83. The Morgan fingerprint density at radius 2 is 1.04 bits per heavy atom. The Morgan fingerprint density at radius 3 is 1.55 bits per heavy atom. The molecule has 0 aliphatic heterocycles. The van der Waals surface area contributed by atoms with Crippen molar-refractivity contribution in [2.45, 2.75) is 219 Å². The second kappa shape index (κ2) is 40.5. The Kier molecular flexibility index (Phi) is 38.5. The van der Waals surface area contributed by atoms with Gasteiger partial charge in [-0.1, -0.05) is 152 Å². The van der Waals surface area contributed by atoms with Crippen molar-refractivity contribution < 1.29 is 24.2 Å². The lowest BCUT2D eigenvalue weighted by Crippen LogP contribution is -2.40. The van der Waals surface area contributed by atoms with Crippen molar-refractivity contribution in [1.29, 1.82) is 0 Å². The van der Waals surface area contributed by atoms with Crippen LogP contribution in [0.5, 0.6) is 0 Å². The van der Waals surface area contributed by atoms with Gasteiger partial charge in [-0.05, 0) is 96.4 Å². The fourth-order valence-corrected chi connectivity index (χ4v) is 6.38. The lowest BCUT2D eigenvalue weighted by Gasteiger charge is -2.18. The van der Waals surface area contributed by atoms with E-state index >= 15 is 0 Å². The summed E-state index contributed by atoms with van der Waals surface area (Å²) in [7, 11) is 0. The Labute approximate surface area is 326 Å². The van der Waals surface area contributed by atoms with Crippen LogP contribution in [0.1, 0.15) is 206 Å². The fraction of sp³-hybridized carbons (Fsp3) is 0.761. The molecular weight excluding hydrogens is 661 g/mol. The van der Waals surface area contributed by atoms with Gasteiger partial charge >= 0.3 is 11.9 Å². The van der Waals surface area contributed by atoms with Gasteiger partial charge in [0.25, 0.3) is 0 Å². The predicted octanol–water partition coefficient (Wildman–Crippen LogP) is 12.4. The molecule has 0 aromatic heterocycles. The number of carbonyl (C=O) groups is 3. The number of nitrogens with one attached hydrogen (secondary N) is 1. The van der Waals surface area contributed by atoms with Gasteiger partial charge in [0.05, 0.1) is 0 Å². The smallest absolute Gasteiger partial charge is 0.326 e. The van der Waals surface area contributed by atoms with Gasteiger partial charge in [-0.3, -0.25) is 9.59 Å². The predicted molar refractivity (Wildman–Crippen MR) is 225 cm³/mol. The summed E-state index contributed by atoms with van der Waals surface area (Å²) in [4.78, 5) is 36.4. The maximum atomic E-state index is 12.8. The van der Waals surface area contributed by atoms with Gasteiger partial charge in [0.1, 0.15) is 12.1 Å². The number of carbonyl (C=O) groups excluding carboxylic acids is 2. The van der Waals surface area contributed by atoms with Crippen molar-refractivity contribution in [2.24, 2.45) is 5.73 Å². The molecule has 53 heavy (non-hydrogen) atoms. The van der Waals surface area contributed by atoms with Crippen molar-refractivity contribution in [3.8, 4) is 0 Å². The van der Waals surface area contributed by atoms with Crippen molar-refractivity contribution >= 4 is 17.8 Å². The summed E-state index contributed by atoms with van der Waals surface area (Å²) in [5.41, 5.74) is 5.48. The summed E-state index contributed by atoms with van der Waals surface area (Å²) in [6.45, 7) is 4.83. The number of unbranched alkanes of at least 4 members (excludes halogenated alkanes) is 17. The van der Waals surface area contributed by atoms with E-state index in [4.69, 9.17) is 10.5 Å². The molecule has 0 aromatic carbocycles. The molecule has 0 saturated heterocycles. The highest BCUT2D eigenvalue weighted by Crippen LogP contribution is 2.19. The Balaban J connectivity index is 4.40. The van der Waals surface area contributed by atoms with Crippen LogP contribution in [0.2, 0.25) is 0 Å². The van der Waals surface area contributed by atoms with Crippen LogP contribution in [0.4, 0.5) is 0 Å².